The molecule has 0 aliphatic rings. The number of hydrogen-bond donors (Lipinski definition) is 0. The lowest BCUT2D eigenvalue weighted by Crippen LogP contribution is -2.31. The number of anilines is 1. The Bertz CT molecular complexity index is 853. The third-order valence-corrected chi connectivity index (χ3v) is 5.76. The monoisotopic (exact) mass is 414 g/mol. The number of nitro groups is 1. The minimum atomic E-state index is -3.89. The van der Waals surface area contributed by atoms with Gasteiger partial charge in [-0.1, -0.05) is 15.9 Å². The molecule has 7 nitrogen and oxygen atoms in total. The van der Waals surface area contributed by atoms with Crippen molar-refractivity contribution in [3.8, 4) is 5.75 Å². The van der Waals surface area contributed by atoms with E-state index < -0.39 is 14.9 Å². The predicted octanol–water partition coefficient (Wildman–Crippen LogP) is 3.58. The van der Waals surface area contributed by atoms with Gasteiger partial charge in [-0.3, -0.25) is 14.4 Å². The number of ether oxygens (including phenoxy) is 1. The molecule has 0 spiro atoms. The summed E-state index contributed by atoms with van der Waals surface area (Å²) >= 11 is 3.26. The molecule has 0 aromatic heterocycles. The highest BCUT2D eigenvalue weighted by Crippen LogP contribution is 2.35. The van der Waals surface area contributed by atoms with Gasteiger partial charge in [-0.05, 0) is 37.3 Å². The number of nitrogens with zero attached hydrogens (tertiary/aromatic N) is 2. The number of rotatable bonds is 6. The molecule has 0 bridgehead atoms. The van der Waals surface area contributed by atoms with Gasteiger partial charge in [0.05, 0.1) is 16.9 Å². The molecule has 0 N–H and O–H groups in total. The first-order valence-electron chi connectivity index (χ1n) is 6.92. The topological polar surface area (TPSA) is 89.8 Å². The molecule has 0 heterocycles. The summed E-state index contributed by atoms with van der Waals surface area (Å²) in [6.07, 6.45) is 0. The molecule has 9 heteroatoms. The van der Waals surface area contributed by atoms with Crippen LogP contribution >= 0.6 is 15.9 Å². The molecular formula is C15H15BrN2O5S. The van der Waals surface area contributed by atoms with E-state index in [9.17, 15) is 18.5 Å². The first-order valence-corrected chi connectivity index (χ1v) is 9.15. The van der Waals surface area contributed by atoms with Crippen LogP contribution in [0.15, 0.2) is 51.8 Å². The van der Waals surface area contributed by atoms with Crippen molar-refractivity contribution in [2.45, 2.75) is 11.8 Å². The lowest BCUT2D eigenvalue weighted by atomic mass is 10.2. The molecule has 0 atom stereocenters. The van der Waals surface area contributed by atoms with Gasteiger partial charge < -0.3 is 4.74 Å². The molecule has 0 aliphatic heterocycles. The van der Waals surface area contributed by atoms with Crippen LogP contribution in [0.25, 0.3) is 0 Å². The maximum Gasteiger partial charge on any atom is 0.271 e. The maximum absolute atomic E-state index is 12.9. The summed E-state index contributed by atoms with van der Waals surface area (Å²) in [5, 5.41) is 11.0. The lowest BCUT2D eigenvalue weighted by molar-refractivity contribution is -0.384. The van der Waals surface area contributed by atoms with Crippen LogP contribution in [0.3, 0.4) is 0 Å². The quantitative estimate of drug-likeness (QED) is 0.532. The van der Waals surface area contributed by atoms with Crippen LogP contribution in [-0.2, 0) is 10.0 Å². The van der Waals surface area contributed by atoms with Gasteiger partial charge >= 0.3 is 0 Å². The van der Waals surface area contributed by atoms with E-state index in [1.807, 2.05) is 0 Å². The van der Waals surface area contributed by atoms with Crippen molar-refractivity contribution < 1.29 is 18.1 Å². The van der Waals surface area contributed by atoms with E-state index in [0.717, 1.165) is 8.78 Å². The Hall–Kier alpha value is -2.13. The highest BCUT2D eigenvalue weighted by molar-refractivity contribution is 9.10. The van der Waals surface area contributed by atoms with E-state index in [1.54, 1.807) is 19.1 Å². The molecule has 0 amide bonds. The Kier molecular flexibility index (Phi) is 5.45. The molecule has 2 aromatic rings. The van der Waals surface area contributed by atoms with Crippen LogP contribution < -0.4 is 9.04 Å². The number of sulfonamides is 1. The Morgan fingerprint density at radius 3 is 2.33 bits per heavy atom. The van der Waals surface area contributed by atoms with E-state index in [0.29, 0.717) is 0 Å². The van der Waals surface area contributed by atoms with E-state index in [2.05, 4.69) is 15.9 Å². The fourth-order valence-corrected chi connectivity index (χ4v) is 3.93. The summed E-state index contributed by atoms with van der Waals surface area (Å²) in [7, 11) is -2.51. The Morgan fingerprint density at radius 1 is 1.21 bits per heavy atom. The van der Waals surface area contributed by atoms with E-state index >= 15 is 0 Å². The van der Waals surface area contributed by atoms with Crippen molar-refractivity contribution in [1.29, 1.82) is 0 Å². The summed E-state index contributed by atoms with van der Waals surface area (Å²) in [5.41, 5.74) is -0.0904. The van der Waals surface area contributed by atoms with E-state index in [4.69, 9.17) is 4.74 Å². The average Bonchev–Trinajstić information content (AvgIpc) is 2.55. The molecule has 0 saturated heterocycles. The first-order chi connectivity index (χ1) is 11.3. The van der Waals surface area contributed by atoms with Crippen molar-refractivity contribution >= 4 is 37.3 Å². The number of non-ortho nitro benzene ring substituents is 1. The minimum Gasteiger partial charge on any atom is -0.495 e. The maximum atomic E-state index is 12.9. The number of methoxy groups -OCH3 is 1. The molecule has 0 fully saturated rings. The van der Waals surface area contributed by atoms with Crippen molar-refractivity contribution in [3.05, 3.63) is 57.1 Å². The zero-order valence-electron chi connectivity index (χ0n) is 13.0. The summed E-state index contributed by atoms with van der Waals surface area (Å²) in [6, 6.07) is 10.0. The molecule has 128 valence electrons. The van der Waals surface area contributed by atoms with Crippen LogP contribution in [0.5, 0.6) is 5.75 Å². The number of hydrogen-bond acceptors (Lipinski definition) is 5. The van der Waals surface area contributed by atoms with Crippen molar-refractivity contribution in [1.82, 2.24) is 0 Å². The minimum absolute atomic E-state index is 0.0844. The highest BCUT2D eigenvalue weighted by Gasteiger charge is 2.27. The molecule has 2 rings (SSSR count). The zero-order valence-corrected chi connectivity index (χ0v) is 15.4. The van der Waals surface area contributed by atoms with Crippen LogP contribution in [0.4, 0.5) is 11.4 Å². The predicted molar refractivity (Wildman–Crippen MR) is 94.0 cm³/mol. The second-order valence-electron chi connectivity index (χ2n) is 4.74. The third-order valence-electron chi connectivity index (χ3n) is 3.33. The van der Waals surface area contributed by atoms with Gasteiger partial charge in [-0.15, -0.1) is 0 Å². The molecule has 24 heavy (non-hydrogen) atoms. The van der Waals surface area contributed by atoms with Crippen molar-refractivity contribution in [2.24, 2.45) is 0 Å². The fourth-order valence-electron chi connectivity index (χ4n) is 2.19. The standard InChI is InChI=1S/C15H15BrN2O5S/c1-3-17(24(21,22)13-7-4-11(16)5-8-13)14-10-12(18(19)20)6-9-15(14)23-2/h4-10H,3H2,1-2H3. The van der Waals surface area contributed by atoms with Gasteiger partial charge in [-0.2, -0.15) is 0 Å². The Morgan fingerprint density at radius 2 is 1.83 bits per heavy atom. The normalized spacial score (nSPS) is 11.1. The van der Waals surface area contributed by atoms with Gasteiger partial charge in [0.1, 0.15) is 11.4 Å². The third kappa shape index (κ3) is 3.51. The summed E-state index contributed by atoms with van der Waals surface area (Å²) in [4.78, 5) is 10.5. The van der Waals surface area contributed by atoms with Crippen molar-refractivity contribution in [2.75, 3.05) is 18.0 Å². The van der Waals surface area contributed by atoms with Crippen LogP contribution in [-0.4, -0.2) is 27.0 Å². The smallest absolute Gasteiger partial charge is 0.271 e. The second-order valence-corrected chi connectivity index (χ2v) is 7.51. The molecule has 0 radical (unpaired) electrons. The molecular weight excluding hydrogens is 400 g/mol. The van der Waals surface area contributed by atoms with Crippen molar-refractivity contribution in [3.63, 3.8) is 0 Å². The second kappa shape index (κ2) is 7.18. The van der Waals surface area contributed by atoms with Gasteiger partial charge in [0.15, 0.2) is 0 Å². The largest absolute Gasteiger partial charge is 0.495 e. The van der Waals surface area contributed by atoms with Crippen LogP contribution in [0, 0.1) is 10.1 Å². The molecule has 0 aliphatic carbocycles. The van der Waals surface area contributed by atoms with Crippen LogP contribution in [0.2, 0.25) is 0 Å². The number of nitro benzene ring substituents is 1. The van der Waals surface area contributed by atoms with Gasteiger partial charge in [0.2, 0.25) is 0 Å². The number of halogens is 1. The fraction of sp³-hybridized carbons (Fsp3) is 0.200. The van der Waals surface area contributed by atoms with Gasteiger partial charge in [0.25, 0.3) is 15.7 Å². The SMILES string of the molecule is CCN(c1cc([N+](=O)[O-])ccc1OC)S(=O)(=O)c1ccc(Br)cc1. The Balaban J connectivity index is 2.60. The summed E-state index contributed by atoms with van der Waals surface area (Å²) < 4.78 is 32.8. The molecule has 2 aromatic carbocycles. The first kappa shape index (κ1) is 18.2. The summed E-state index contributed by atoms with van der Waals surface area (Å²) in [6.45, 7) is 1.74. The van der Waals surface area contributed by atoms with Gasteiger partial charge in [-0.25, -0.2) is 8.42 Å². The Labute approximate surface area is 148 Å². The van der Waals surface area contributed by atoms with Gasteiger partial charge in [0, 0.05) is 23.2 Å². The molecule has 0 saturated carbocycles. The summed E-state index contributed by atoms with van der Waals surface area (Å²) in [5.74, 6) is 0.239. The highest BCUT2D eigenvalue weighted by atomic mass is 79.9. The van der Waals surface area contributed by atoms with E-state index in [1.165, 1.54) is 37.4 Å². The molecule has 0 unspecified atom stereocenters. The van der Waals surface area contributed by atoms with E-state index in [-0.39, 0.29) is 28.6 Å². The lowest BCUT2D eigenvalue weighted by Gasteiger charge is -2.24. The zero-order chi connectivity index (χ0) is 17.9. The average molecular weight is 415 g/mol. The van der Waals surface area contributed by atoms with Crippen LogP contribution in [0.1, 0.15) is 6.92 Å². The number of benzene rings is 2.